The normalized spacial score (nSPS) is 13.1. The van der Waals surface area contributed by atoms with Gasteiger partial charge < -0.3 is 16.4 Å². The Kier molecular flexibility index (Phi) is 6.98. The smallest absolute Gasteiger partial charge is 0.220 e. The summed E-state index contributed by atoms with van der Waals surface area (Å²) in [7, 11) is -3.21. The maximum atomic E-state index is 12.1. The SMILES string of the molecule is C[C@@H](CNc1ccc(S(C)(=O)=O)cc1)NC(=O)CC(C)(C)CC(N)=O. The molecule has 0 heterocycles. The summed E-state index contributed by atoms with van der Waals surface area (Å²) < 4.78 is 22.8. The van der Waals surface area contributed by atoms with Crippen LogP contribution < -0.4 is 16.4 Å². The Balaban J connectivity index is 2.48. The van der Waals surface area contributed by atoms with Crippen LogP contribution in [0.15, 0.2) is 29.2 Å². The highest BCUT2D eigenvalue weighted by Crippen LogP contribution is 2.24. The summed E-state index contributed by atoms with van der Waals surface area (Å²) in [4.78, 5) is 23.3. The van der Waals surface area contributed by atoms with Crippen molar-refractivity contribution in [3.05, 3.63) is 24.3 Å². The van der Waals surface area contributed by atoms with Gasteiger partial charge in [-0.1, -0.05) is 13.8 Å². The van der Waals surface area contributed by atoms with E-state index < -0.39 is 21.2 Å². The zero-order valence-electron chi connectivity index (χ0n) is 15.1. The van der Waals surface area contributed by atoms with Crippen molar-refractivity contribution in [3.8, 4) is 0 Å². The van der Waals surface area contributed by atoms with Gasteiger partial charge in [-0.3, -0.25) is 9.59 Å². The minimum Gasteiger partial charge on any atom is -0.383 e. The number of primary amides is 1. The first kappa shape index (κ1) is 21.0. The molecule has 2 amide bonds. The van der Waals surface area contributed by atoms with Gasteiger partial charge in [0, 0.05) is 37.4 Å². The number of rotatable bonds is 9. The molecule has 7 nitrogen and oxygen atoms in total. The Bertz CT molecular complexity index is 712. The summed E-state index contributed by atoms with van der Waals surface area (Å²) >= 11 is 0. The van der Waals surface area contributed by atoms with Gasteiger partial charge in [-0.05, 0) is 36.6 Å². The zero-order chi connectivity index (χ0) is 19.3. The van der Waals surface area contributed by atoms with Crippen molar-refractivity contribution in [2.24, 2.45) is 11.1 Å². The molecule has 0 aliphatic heterocycles. The lowest BCUT2D eigenvalue weighted by atomic mass is 9.85. The van der Waals surface area contributed by atoms with Gasteiger partial charge in [0.1, 0.15) is 0 Å². The number of hydrogen-bond donors (Lipinski definition) is 3. The fourth-order valence-electron chi connectivity index (χ4n) is 2.44. The van der Waals surface area contributed by atoms with Crippen LogP contribution in [0.1, 0.15) is 33.6 Å². The van der Waals surface area contributed by atoms with Crippen LogP contribution in [0.25, 0.3) is 0 Å². The van der Waals surface area contributed by atoms with Gasteiger partial charge in [0.2, 0.25) is 11.8 Å². The van der Waals surface area contributed by atoms with Crippen molar-refractivity contribution >= 4 is 27.3 Å². The van der Waals surface area contributed by atoms with Crippen LogP contribution >= 0.6 is 0 Å². The first-order chi connectivity index (χ1) is 11.4. The number of amides is 2. The molecular formula is C17H27N3O4S. The van der Waals surface area contributed by atoms with E-state index in [9.17, 15) is 18.0 Å². The zero-order valence-corrected chi connectivity index (χ0v) is 15.9. The average molecular weight is 369 g/mol. The monoisotopic (exact) mass is 369 g/mol. The summed E-state index contributed by atoms with van der Waals surface area (Å²) in [5, 5.41) is 6.01. The average Bonchev–Trinajstić information content (AvgIpc) is 2.42. The van der Waals surface area contributed by atoms with Crippen LogP contribution in [0, 0.1) is 5.41 Å². The largest absolute Gasteiger partial charge is 0.383 e. The van der Waals surface area contributed by atoms with E-state index in [1.54, 1.807) is 12.1 Å². The molecular weight excluding hydrogens is 342 g/mol. The Hall–Kier alpha value is -2.09. The minimum absolute atomic E-state index is 0.133. The number of nitrogens with one attached hydrogen (secondary N) is 2. The first-order valence-corrected chi connectivity index (χ1v) is 9.90. The molecule has 1 aromatic rings. The Labute approximate surface area is 149 Å². The molecule has 4 N–H and O–H groups in total. The van der Waals surface area contributed by atoms with Crippen molar-refractivity contribution < 1.29 is 18.0 Å². The van der Waals surface area contributed by atoms with Crippen LogP contribution in [0.3, 0.4) is 0 Å². The number of sulfone groups is 1. The maximum absolute atomic E-state index is 12.1. The van der Waals surface area contributed by atoms with E-state index in [0.717, 1.165) is 11.9 Å². The van der Waals surface area contributed by atoms with Crippen molar-refractivity contribution in [2.75, 3.05) is 18.1 Å². The molecule has 0 fully saturated rings. The van der Waals surface area contributed by atoms with Gasteiger partial charge in [0.15, 0.2) is 9.84 Å². The second-order valence-electron chi connectivity index (χ2n) is 7.13. The number of benzene rings is 1. The van der Waals surface area contributed by atoms with Gasteiger partial charge in [-0.25, -0.2) is 8.42 Å². The summed E-state index contributed by atoms with van der Waals surface area (Å²) in [6, 6.07) is 6.30. The van der Waals surface area contributed by atoms with Crippen molar-refractivity contribution in [1.29, 1.82) is 0 Å². The van der Waals surface area contributed by atoms with Crippen LogP contribution in [-0.2, 0) is 19.4 Å². The second kappa shape index (κ2) is 8.33. The van der Waals surface area contributed by atoms with E-state index in [1.807, 2.05) is 20.8 Å². The standard InChI is InChI=1S/C17H27N3O4S/c1-12(20-16(22)10-17(2,3)9-15(18)21)11-19-13-5-7-14(8-6-13)25(4,23)24/h5-8,12,19H,9-11H2,1-4H3,(H2,18,21)(H,20,22)/t12-/m0/s1. The lowest BCUT2D eigenvalue weighted by molar-refractivity contribution is -0.125. The molecule has 0 aliphatic carbocycles. The van der Waals surface area contributed by atoms with Crippen molar-refractivity contribution in [2.45, 2.75) is 44.6 Å². The lowest BCUT2D eigenvalue weighted by Crippen LogP contribution is -2.39. The van der Waals surface area contributed by atoms with Crippen LogP contribution in [0.4, 0.5) is 5.69 Å². The number of hydrogen-bond acceptors (Lipinski definition) is 5. The summed E-state index contributed by atoms with van der Waals surface area (Å²) in [5.74, 6) is -0.571. The molecule has 8 heteroatoms. The van der Waals surface area contributed by atoms with Crippen molar-refractivity contribution in [3.63, 3.8) is 0 Å². The molecule has 0 saturated heterocycles. The number of carbonyl (C=O) groups is 2. The van der Waals surface area contributed by atoms with Gasteiger partial charge in [0.05, 0.1) is 4.90 Å². The van der Waals surface area contributed by atoms with Crippen LogP contribution in [0.5, 0.6) is 0 Å². The fourth-order valence-corrected chi connectivity index (χ4v) is 3.07. The molecule has 0 radical (unpaired) electrons. The fraction of sp³-hybridized carbons (Fsp3) is 0.529. The van der Waals surface area contributed by atoms with Crippen LogP contribution in [0.2, 0.25) is 0 Å². The first-order valence-electron chi connectivity index (χ1n) is 8.01. The second-order valence-corrected chi connectivity index (χ2v) is 9.15. The molecule has 1 rings (SSSR count). The number of anilines is 1. The highest BCUT2D eigenvalue weighted by molar-refractivity contribution is 7.90. The van der Waals surface area contributed by atoms with E-state index in [2.05, 4.69) is 10.6 Å². The molecule has 25 heavy (non-hydrogen) atoms. The predicted molar refractivity (Wildman–Crippen MR) is 97.9 cm³/mol. The molecule has 0 spiro atoms. The summed E-state index contributed by atoms with van der Waals surface area (Å²) in [6.45, 7) is 5.99. The topological polar surface area (TPSA) is 118 Å². The third-order valence-electron chi connectivity index (χ3n) is 3.59. The Morgan fingerprint density at radius 3 is 2.20 bits per heavy atom. The molecule has 1 aromatic carbocycles. The minimum atomic E-state index is -3.21. The number of nitrogens with two attached hydrogens (primary N) is 1. The molecule has 0 bridgehead atoms. The van der Waals surface area contributed by atoms with E-state index in [0.29, 0.717) is 6.54 Å². The summed E-state index contributed by atoms with van der Waals surface area (Å²) in [5.41, 5.74) is 5.47. The van der Waals surface area contributed by atoms with Gasteiger partial charge in [-0.15, -0.1) is 0 Å². The van der Waals surface area contributed by atoms with E-state index >= 15 is 0 Å². The third kappa shape index (κ3) is 8.02. The molecule has 0 aromatic heterocycles. The lowest BCUT2D eigenvalue weighted by Gasteiger charge is -2.23. The van der Waals surface area contributed by atoms with E-state index in [1.165, 1.54) is 12.1 Å². The number of carbonyl (C=O) groups excluding carboxylic acids is 2. The van der Waals surface area contributed by atoms with Crippen LogP contribution in [-0.4, -0.2) is 39.1 Å². The highest BCUT2D eigenvalue weighted by Gasteiger charge is 2.24. The van der Waals surface area contributed by atoms with E-state index in [-0.39, 0.29) is 29.7 Å². The summed E-state index contributed by atoms with van der Waals surface area (Å²) in [6.07, 6.45) is 1.52. The molecule has 140 valence electrons. The third-order valence-corrected chi connectivity index (χ3v) is 4.72. The quantitative estimate of drug-likeness (QED) is 0.606. The predicted octanol–water partition coefficient (Wildman–Crippen LogP) is 1.30. The van der Waals surface area contributed by atoms with Gasteiger partial charge in [0.25, 0.3) is 0 Å². The van der Waals surface area contributed by atoms with E-state index in [4.69, 9.17) is 5.73 Å². The van der Waals surface area contributed by atoms with Crippen molar-refractivity contribution in [1.82, 2.24) is 5.32 Å². The maximum Gasteiger partial charge on any atom is 0.220 e. The molecule has 0 aliphatic rings. The Morgan fingerprint density at radius 1 is 1.16 bits per heavy atom. The Morgan fingerprint density at radius 2 is 1.72 bits per heavy atom. The van der Waals surface area contributed by atoms with Gasteiger partial charge in [-0.2, -0.15) is 0 Å². The van der Waals surface area contributed by atoms with Gasteiger partial charge >= 0.3 is 0 Å². The molecule has 0 unspecified atom stereocenters. The molecule has 1 atom stereocenters. The molecule has 0 saturated carbocycles. The highest BCUT2D eigenvalue weighted by atomic mass is 32.2.